The first-order chi connectivity index (χ1) is 8.62. The monoisotopic (exact) mass is 249 g/mol. The van der Waals surface area contributed by atoms with Crippen LogP contribution in [-0.2, 0) is 9.53 Å². The molecule has 1 aromatic carbocycles. The molecule has 5 heteroatoms. The molecule has 0 bridgehead atoms. The van der Waals surface area contributed by atoms with Gasteiger partial charge in [-0.15, -0.1) is 0 Å². The zero-order valence-corrected chi connectivity index (χ0v) is 10.6. The third-order valence-corrected chi connectivity index (χ3v) is 2.21. The van der Waals surface area contributed by atoms with Crippen LogP contribution in [0.25, 0.3) is 0 Å². The van der Waals surface area contributed by atoms with Gasteiger partial charge in [-0.2, -0.15) is 5.26 Å². The number of hydrogen-bond donors (Lipinski definition) is 0. The van der Waals surface area contributed by atoms with Crippen LogP contribution in [0.4, 0.5) is 0 Å². The first-order valence-electron chi connectivity index (χ1n) is 5.53. The topological polar surface area (TPSA) is 68.5 Å². The first-order valence-corrected chi connectivity index (χ1v) is 5.53. The molecular weight excluding hydrogens is 234 g/mol. The van der Waals surface area contributed by atoms with Crippen LogP contribution in [0, 0.1) is 11.3 Å². The molecule has 0 radical (unpaired) electrons. The zero-order chi connectivity index (χ0) is 13.5. The Labute approximate surface area is 106 Å². The average Bonchev–Trinajstić information content (AvgIpc) is 2.39. The predicted molar refractivity (Wildman–Crippen MR) is 64.4 cm³/mol. The van der Waals surface area contributed by atoms with Gasteiger partial charge >= 0.3 is 5.97 Å². The maximum Gasteiger partial charge on any atom is 0.346 e. The Morgan fingerprint density at radius 2 is 2.17 bits per heavy atom. The zero-order valence-electron chi connectivity index (χ0n) is 10.6. The summed E-state index contributed by atoms with van der Waals surface area (Å²) in [5, 5.41) is 8.81. The minimum Gasteiger partial charge on any atom is -0.490 e. The number of benzene rings is 1. The average molecular weight is 249 g/mol. The number of nitrogens with zero attached hydrogens (tertiary/aromatic N) is 1. The molecule has 0 aliphatic carbocycles. The Balaban J connectivity index is 2.94. The minimum atomic E-state index is -0.734. The first kappa shape index (κ1) is 13.8. The molecule has 0 N–H and O–H groups in total. The van der Waals surface area contributed by atoms with Gasteiger partial charge in [0.2, 0.25) is 0 Å². The summed E-state index contributed by atoms with van der Waals surface area (Å²) >= 11 is 0. The molecule has 0 aromatic heterocycles. The summed E-state index contributed by atoms with van der Waals surface area (Å²) in [5.74, 6) is 0.378. The van der Waals surface area contributed by atoms with Crippen molar-refractivity contribution < 1.29 is 19.0 Å². The van der Waals surface area contributed by atoms with E-state index in [-0.39, 0.29) is 0 Å². The third-order valence-electron chi connectivity index (χ3n) is 2.21. The van der Waals surface area contributed by atoms with Gasteiger partial charge in [-0.05, 0) is 26.0 Å². The second-order valence-corrected chi connectivity index (χ2v) is 3.49. The van der Waals surface area contributed by atoms with E-state index in [0.29, 0.717) is 23.7 Å². The normalized spacial score (nSPS) is 11.2. The lowest BCUT2D eigenvalue weighted by Crippen LogP contribution is -2.25. The van der Waals surface area contributed by atoms with E-state index in [9.17, 15) is 4.79 Å². The van der Waals surface area contributed by atoms with Gasteiger partial charge < -0.3 is 14.2 Å². The fourth-order valence-corrected chi connectivity index (χ4v) is 1.35. The fraction of sp³-hybridized carbons (Fsp3) is 0.385. The molecule has 1 aromatic rings. The molecule has 96 valence electrons. The van der Waals surface area contributed by atoms with Crippen molar-refractivity contribution in [3.8, 4) is 17.6 Å². The van der Waals surface area contributed by atoms with Crippen LogP contribution in [0.2, 0.25) is 0 Å². The molecule has 0 amide bonds. The second-order valence-electron chi connectivity index (χ2n) is 3.49. The van der Waals surface area contributed by atoms with E-state index >= 15 is 0 Å². The van der Waals surface area contributed by atoms with E-state index in [1.54, 1.807) is 25.1 Å². The van der Waals surface area contributed by atoms with E-state index in [0.717, 1.165) is 0 Å². The molecule has 0 aliphatic rings. The molecule has 18 heavy (non-hydrogen) atoms. The van der Waals surface area contributed by atoms with Crippen molar-refractivity contribution in [1.29, 1.82) is 5.26 Å². The highest BCUT2D eigenvalue weighted by Crippen LogP contribution is 2.29. The minimum absolute atomic E-state index is 0.411. The molecule has 1 rings (SSSR count). The van der Waals surface area contributed by atoms with Crippen molar-refractivity contribution in [2.75, 3.05) is 13.7 Å². The quantitative estimate of drug-likeness (QED) is 0.745. The summed E-state index contributed by atoms with van der Waals surface area (Å²) in [4.78, 5) is 11.3. The number of carbonyl (C=O) groups excluding carboxylic acids is 1. The van der Waals surface area contributed by atoms with Crippen LogP contribution in [0.5, 0.6) is 11.5 Å². The standard InChI is InChI=1S/C13H15NO4/c1-4-17-12-7-10(8-14)5-6-11(12)18-9(2)13(15)16-3/h5-7,9H,4H2,1-3H3/t9-/m1/s1. The Hall–Kier alpha value is -2.22. The molecule has 1 atom stereocenters. The van der Waals surface area contributed by atoms with Gasteiger partial charge in [0.15, 0.2) is 17.6 Å². The molecule has 0 aliphatic heterocycles. The van der Waals surface area contributed by atoms with Crippen molar-refractivity contribution in [2.45, 2.75) is 20.0 Å². The van der Waals surface area contributed by atoms with Crippen LogP contribution in [0.1, 0.15) is 19.4 Å². The number of methoxy groups -OCH3 is 1. The summed E-state index contributed by atoms with van der Waals surface area (Å²) in [7, 11) is 1.30. The molecule has 0 saturated heterocycles. The van der Waals surface area contributed by atoms with Gasteiger partial charge in [-0.25, -0.2) is 4.79 Å². The number of rotatable bonds is 5. The van der Waals surface area contributed by atoms with E-state index in [4.69, 9.17) is 14.7 Å². The Morgan fingerprint density at radius 1 is 1.44 bits per heavy atom. The summed E-state index contributed by atoms with van der Waals surface area (Å²) in [6.07, 6.45) is -0.734. The van der Waals surface area contributed by atoms with E-state index < -0.39 is 12.1 Å². The van der Waals surface area contributed by atoms with Gasteiger partial charge in [0.05, 0.1) is 25.3 Å². The lowest BCUT2D eigenvalue weighted by molar-refractivity contribution is -0.147. The predicted octanol–water partition coefficient (Wildman–Crippen LogP) is 1.90. The van der Waals surface area contributed by atoms with Crippen molar-refractivity contribution in [3.05, 3.63) is 23.8 Å². The smallest absolute Gasteiger partial charge is 0.346 e. The molecule has 0 fully saturated rings. The Morgan fingerprint density at radius 3 is 2.72 bits per heavy atom. The maximum absolute atomic E-state index is 11.3. The number of hydrogen-bond acceptors (Lipinski definition) is 5. The summed E-state index contributed by atoms with van der Waals surface area (Å²) in [6.45, 7) is 3.85. The van der Waals surface area contributed by atoms with E-state index in [1.807, 2.05) is 13.0 Å². The summed E-state index contributed by atoms with van der Waals surface area (Å²) in [6, 6.07) is 6.78. The highest BCUT2D eigenvalue weighted by molar-refractivity contribution is 5.74. The van der Waals surface area contributed by atoms with Crippen LogP contribution in [-0.4, -0.2) is 25.8 Å². The van der Waals surface area contributed by atoms with Crippen molar-refractivity contribution in [3.63, 3.8) is 0 Å². The maximum atomic E-state index is 11.3. The number of carbonyl (C=O) groups is 1. The highest BCUT2D eigenvalue weighted by atomic mass is 16.6. The lowest BCUT2D eigenvalue weighted by atomic mass is 10.2. The Bertz CT molecular complexity index is 465. The fourth-order valence-electron chi connectivity index (χ4n) is 1.35. The Kier molecular flexibility index (Phi) is 5.00. The molecule has 0 heterocycles. The van der Waals surface area contributed by atoms with E-state index in [1.165, 1.54) is 7.11 Å². The van der Waals surface area contributed by atoms with Gasteiger partial charge in [0, 0.05) is 6.07 Å². The molecular formula is C13H15NO4. The SMILES string of the molecule is CCOc1cc(C#N)ccc1O[C@H](C)C(=O)OC. The van der Waals surface area contributed by atoms with Crippen LogP contribution in [0.3, 0.4) is 0 Å². The molecule has 5 nitrogen and oxygen atoms in total. The number of nitriles is 1. The lowest BCUT2D eigenvalue weighted by Gasteiger charge is -2.15. The van der Waals surface area contributed by atoms with Crippen molar-refractivity contribution >= 4 is 5.97 Å². The highest BCUT2D eigenvalue weighted by Gasteiger charge is 2.17. The number of ether oxygens (including phenoxy) is 3. The van der Waals surface area contributed by atoms with Crippen LogP contribution < -0.4 is 9.47 Å². The summed E-state index contributed by atoms with van der Waals surface area (Å²) < 4.78 is 15.4. The van der Waals surface area contributed by atoms with Crippen LogP contribution >= 0.6 is 0 Å². The van der Waals surface area contributed by atoms with E-state index in [2.05, 4.69) is 4.74 Å². The summed E-state index contributed by atoms with van der Waals surface area (Å²) in [5.41, 5.74) is 0.469. The van der Waals surface area contributed by atoms with Gasteiger partial charge in [0.1, 0.15) is 0 Å². The van der Waals surface area contributed by atoms with Gasteiger partial charge in [-0.3, -0.25) is 0 Å². The van der Waals surface area contributed by atoms with Gasteiger partial charge in [0.25, 0.3) is 0 Å². The molecule has 0 spiro atoms. The van der Waals surface area contributed by atoms with Gasteiger partial charge in [-0.1, -0.05) is 0 Å². The largest absolute Gasteiger partial charge is 0.490 e. The second kappa shape index (κ2) is 6.50. The molecule has 0 saturated carbocycles. The molecule has 0 unspecified atom stereocenters. The van der Waals surface area contributed by atoms with Crippen molar-refractivity contribution in [2.24, 2.45) is 0 Å². The van der Waals surface area contributed by atoms with Crippen molar-refractivity contribution in [1.82, 2.24) is 0 Å². The third kappa shape index (κ3) is 3.39. The number of esters is 1. The van der Waals surface area contributed by atoms with Crippen LogP contribution in [0.15, 0.2) is 18.2 Å².